The van der Waals surface area contributed by atoms with Crippen LogP contribution < -0.4 is 11.5 Å². The molecule has 4 N–H and O–H groups in total. The largest absolute Gasteiger partial charge is 0.370 e. The first kappa shape index (κ1) is 8.74. The number of hydrogen-bond acceptors (Lipinski definition) is 1. The van der Waals surface area contributed by atoms with Crippen molar-refractivity contribution in [1.29, 1.82) is 0 Å². The van der Waals surface area contributed by atoms with Crippen molar-refractivity contribution in [3.63, 3.8) is 0 Å². The van der Waals surface area contributed by atoms with Gasteiger partial charge in [0, 0.05) is 21.1 Å². The van der Waals surface area contributed by atoms with Gasteiger partial charge in [-0.3, -0.25) is 4.99 Å². The molecule has 0 aliphatic carbocycles. The molecule has 5 nitrogen and oxygen atoms in total. The lowest BCUT2D eigenvalue weighted by atomic mass is 10.8. The molecule has 0 aromatic rings. The summed E-state index contributed by atoms with van der Waals surface area (Å²) in [5.41, 5.74) is 10.3. The fourth-order valence-corrected chi connectivity index (χ4v) is 0.465. The second-order valence-corrected chi connectivity index (χ2v) is 1.95. The van der Waals surface area contributed by atoms with Gasteiger partial charge in [-0.05, 0) is 0 Å². The lowest BCUT2D eigenvalue weighted by Crippen LogP contribution is -2.29. The van der Waals surface area contributed by atoms with Crippen LogP contribution in [0.15, 0.2) is 9.98 Å². The molecule has 0 saturated carbocycles. The number of nitrogens with zero attached hydrogens (tertiary/aromatic N) is 3. The van der Waals surface area contributed by atoms with Gasteiger partial charge >= 0.3 is 0 Å². The van der Waals surface area contributed by atoms with Crippen molar-refractivity contribution < 1.29 is 0 Å². The molecule has 5 heteroatoms. The molecule has 0 aliphatic heterocycles. The second-order valence-electron chi connectivity index (χ2n) is 1.95. The molecule has 0 spiro atoms. The Kier molecular flexibility index (Phi) is 3.24. The molecule has 0 aliphatic rings. The highest BCUT2D eigenvalue weighted by Crippen LogP contribution is 1.82. The van der Waals surface area contributed by atoms with Crippen LogP contribution in [0.1, 0.15) is 0 Å². The summed E-state index contributed by atoms with van der Waals surface area (Å²) in [4.78, 5) is 9.29. The number of aliphatic imine (C=N–C) groups is 2. The Hall–Kier alpha value is -1.26. The molecule has 10 heavy (non-hydrogen) atoms. The Bertz CT molecular complexity index is 153. The third kappa shape index (κ3) is 2.91. The van der Waals surface area contributed by atoms with Gasteiger partial charge in [0.05, 0.1) is 0 Å². The Labute approximate surface area is 60.4 Å². The quantitative estimate of drug-likeness (QED) is 0.330. The lowest BCUT2D eigenvalue weighted by Gasteiger charge is -2.09. The highest BCUT2D eigenvalue weighted by molar-refractivity contribution is 5.92. The summed E-state index contributed by atoms with van der Waals surface area (Å²) < 4.78 is 0. The van der Waals surface area contributed by atoms with Gasteiger partial charge in [0.2, 0.25) is 5.96 Å². The van der Waals surface area contributed by atoms with Crippen LogP contribution in [-0.4, -0.2) is 38.0 Å². The fraction of sp³-hybridized carbons (Fsp3) is 0.600. The molecule has 0 bridgehead atoms. The molecule has 0 aromatic carbocycles. The minimum absolute atomic E-state index is 0.0225. The first-order valence-corrected chi connectivity index (χ1v) is 2.81. The molecule has 0 saturated heterocycles. The Morgan fingerprint density at radius 1 is 1.30 bits per heavy atom. The predicted molar refractivity (Wildman–Crippen MR) is 42.9 cm³/mol. The molecule has 0 aromatic heterocycles. The summed E-state index contributed by atoms with van der Waals surface area (Å²) in [6.07, 6.45) is 0. The van der Waals surface area contributed by atoms with Gasteiger partial charge in [-0.1, -0.05) is 0 Å². The maximum absolute atomic E-state index is 5.13. The normalized spacial score (nSPS) is 10.9. The molecule has 0 rings (SSSR count). The summed E-state index contributed by atoms with van der Waals surface area (Å²) in [6.45, 7) is 0. The van der Waals surface area contributed by atoms with Crippen LogP contribution in [0, 0.1) is 0 Å². The lowest BCUT2D eigenvalue weighted by molar-refractivity contribution is 0.613. The van der Waals surface area contributed by atoms with E-state index in [1.165, 1.54) is 0 Å². The van der Waals surface area contributed by atoms with E-state index in [9.17, 15) is 0 Å². The number of guanidine groups is 2. The van der Waals surface area contributed by atoms with Crippen LogP contribution in [0.2, 0.25) is 0 Å². The molecule has 0 atom stereocenters. The van der Waals surface area contributed by atoms with E-state index in [0.29, 0.717) is 5.96 Å². The number of nitrogens with two attached hydrogens (primary N) is 2. The van der Waals surface area contributed by atoms with Gasteiger partial charge in [0.1, 0.15) is 0 Å². The SMILES string of the molecule is CN=C(N=C(N)N)N(C)C. The Morgan fingerprint density at radius 2 is 1.80 bits per heavy atom. The van der Waals surface area contributed by atoms with Crippen LogP contribution in [0.25, 0.3) is 0 Å². The monoisotopic (exact) mass is 143 g/mol. The number of hydrogen-bond donors (Lipinski definition) is 2. The van der Waals surface area contributed by atoms with Crippen molar-refractivity contribution in [2.24, 2.45) is 21.5 Å². The number of rotatable bonds is 0. The Morgan fingerprint density at radius 3 is 1.90 bits per heavy atom. The predicted octanol–water partition coefficient (Wildman–Crippen LogP) is -1.19. The van der Waals surface area contributed by atoms with Crippen LogP contribution in [-0.2, 0) is 0 Å². The van der Waals surface area contributed by atoms with Crippen molar-refractivity contribution in [1.82, 2.24) is 4.90 Å². The maximum Gasteiger partial charge on any atom is 0.223 e. The molecular formula is C5H13N5. The van der Waals surface area contributed by atoms with Gasteiger partial charge in [-0.15, -0.1) is 0 Å². The molecule has 58 valence electrons. The van der Waals surface area contributed by atoms with E-state index in [1.54, 1.807) is 11.9 Å². The first-order chi connectivity index (χ1) is 4.57. The van der Waals surface area contributed by atoms with Crippen molar-refractivity contribution in [3.05, 3.63) is 0 Å². The molecular weight excluding hydrogens is 130 g/mol. The van der Waals surface area contributed by atoms with E-state index in [0.717, 1.165) is 0 Å². The zero-order valence-corrected chi connectivity index (χ0v) is 6.50. The first-order valence-electron chi connectivity index (χ1n) is 2.81. The van der Waals surface area contributed by atoms with E-state index in [2.05, 4.69) is 9.98 Å². The zero-order chi connectivity index (χ0) is 8.15. The highest BCUT2D eigenvalue weighted by Gasteiger charge is 1.95. The van der Waals surface area contributed by atoms with Crippen LogP contribution in [0.5, 0.6) is 0 Å². The Balaban J connectivity index is 4.26. The van der Waals surface area contributed by atoms with Crippen LogP contribution in [0.3, 0.4) is 0 Å². The molecule has 0 heterocycles. The minimum atomic E-state index is 0.0225. The topological polar surface area (TPSA) is 80.0 Å². The van der Waals surface area contributed by atoms with Gasteiger partial charge in [0.15, 0.2) is 5.96 Å². The summed E-state index contributed by atoms with van der Waals surface area (Å²) >= 11 is 0. The standard InChI is InChI=1S/C5H13N5/c1-8-5(10(2)3)9-4(6)7/h1-3H3,(H4,6,7,8,9). The summed E-state index contributed by atoms with van der Waals surface area (Å²) in [6, 6.07) is 0. The molecule has 0 radical (unpaired) electrons. The maximum atomic E-state index is 5.13. The zero-order valence-electron chi connectivity index (χ0n) is 6.50. The van der Waals surface area contributed by atoms with Crippen molar-refractivity contribution in [2.45, 2.75) is 0 Å². The summed E-state index contributed by atoms with van der Waals surface area (Å²) in [5.74, 6) is 0.536. The van der Waals surface area contributed by atoms with Gasteiger partial charge in [-0.2, -0.15) is 4.99 Å². The molecule has 0 amide bonds. The van der Waals surface area contributed by atoms with Crippen molar-refractivity contribution in [3.8, 4) is 0 Å². The summed E-state index contributed by atoms with van der Waals surface area (Å²) in [7, 11) is 5.26. The third-order valence-corrected chi connectivity index (χ3v) is 0.829. The minimum Gasteiger partial charge on any atom is -0.370 e. The smallest absolute Gasteiger partial charge is 0.223 e. The van der Waals surface area contributed by atoms with Crippen LogP contribution in [0.4, 0.5) is 0 Å². The fourth-order valence-electron chi connectivity index (χ4n) is 0.465. The van der Waals surface area contributed by atoms with E-state index >= 15 is 0 Å². The van der Waals surface area contributed by atoms with Gasteiger partial charge in [-0.25, -0.2) is 0 Å². The van der Waals surface area contributed by atoms with E-state index in [-0.39, 0.29) is 5.96 Å². The van der Waals surface area contributed by atoms with Crippen molar-refractivity contribution >= 4 is 11.9 Å². The van der Waals surface area contributed by atoms with E-state index < -0.39 is 0 Å². The van der Waals surface area contributed by atoms with E-state index in [4.69, 9.17) is 11.5 Å². The van der Waals surface area contributed by atoms with E-state index in [1.807, 2.05) is 14.1 Å². The molecule has 0 fully saturated rings. The van der Waals surface area contributed by atoms with Crippen molar-refractivity contribution in [2.75, 3.05) is 21.1 Å². The average Bonchev–Trinajstić information content (AvgIpc) is 1.81. The highest BCUT2D eigenvalue weighted by atomic mass is 15.2. The third-order valence-electron chi connectivity index (χ3n) is 0.829. The molecule has 0 unspecified atom stereocenters. The van der Waals surface area contributed by atoms with Gasteiger partial charge < -0.3 is 16.4 Å². The summed E-state index contributed by atoms with van der Waals surface area (Å²) in [5, 5.41) is 0. The second kappa shape index (κ2) is 3.71. The van der Waals surface area contributed by atoms with Crippen LogP contribution >= 0.6 is 0 Å². The van der Waals surface area contributed by atoms with Gasteiger partial charge in [0.25, 0.3) is 0 Å². The average molecular weight is 143 g/mol.